The number of hydrogen-bond donors (Lipinski definition) is 2. The molecular formula is C17H22N2O2S. The Morgan fingerprint density at radius 2 is 2.00 bits per heavy atom. The minimum Gasteiger partial charge on any atom is -0.468 e. The lowest BCUT2D eigenvalue weighted by molar-refractivity contribution is 0.252. The number of carbonyl (C=O) groups is 1. The molecule has 0 saturated carbocycles. The lowest BCUT2D eigenvalue weighted by Crippen LogP contribution is -2.30. The van der Waals surface area contributed by atoms with E-state index in [1.54, 1.807) is 18.0 Å². The maximum atomic E-state index is 11.8. The molecule has 2 amide bonds. The number of carbonyl (C=O) groups excluding carboxylic acids is 1. The topological polar surface area (TPSA) is 54.3 Å². The Bertz CT molecular complexity index is 565. The minimum absolute atomic E-state index is 0.170. The van der Waals surface area contributed by atoms with E-state index in [1.807, 2.05) is 36.4 Å². The molecular weight excluding hydrogens is 296 g/mol. The first-order chi connectivity index (χ1) is 10.6. The lowest BCUT2D eigenvalue weighted by atomic mass is 10.0. The summed E-state index contributed by atoms with van der Waals surface area (Å²) < 4.78 is 5.25. The molecule has 0 aliphatic rings. The van der Waals surface area contributed by atoms with Gasteiger partial charge < -0.3 is 15.1 Å². The zero-order chi connectivity index (χ0) is 15.8. The molecule has 0 unspecified atom stereocenters. The van der Waals surface area contributed by atoms with Crippen molar-refractivity contribution in [2.24, 2.45) is 0 Å². The molecule has 2 rings (SSSR count). The molecule has 22 heavy (non-hydrogen) atoms. The van der Waals surface area contributed by atoms with Crippen LogP contribution in [-0.4, -0.2) is 18.3 Å². The molecule has 0 spiro atoms. The van der Waals surface area contributed by atoms with Crippen molar-refractivity contribution in [2.45, 2.75) is 25.5 Å². The summed E-state index contributed by atoms with van der Waals surface area (Å²) in [5.74, 6) is 3.13. The van der Waals surface area contributed by atoms with E-state index in [-0.39, 0.29) is 6.03 Å². The molecule has 4 nitrogen and oxygen atoms in total. The van der Waals surface area contributed by atoms with Crippen LogP contribution in [0, 0.1) is 0 Å². The van der Waals surface area contributed by atoms with Gasteiger partial charge in [0.2, 0.25) is 0 Å². The highest BCUT2D eigenvalue weighted by Crippen LogP contribution is 2.17. The normalized spacial score (nSPS) is 10.7. The van der Waals surface area contributed by atoms with Gasteiger partial charge in [-0.05, 0) is 35.7 Å². The third-order valence-electron chi connectivity index (χ3n) is 3.19. The van der Waals surface area contributed by atoms with Crippen LogP contribution in [0.25, 0.3) is 0 Å². The van der Waals surface area contributed by atoms with Crippen LogP contribution in [0.1, 0.15) is 31.1 Å². The summed E-state index contributed by atoms with van der Waals surface area (Å²) in [6, 6.07) is 11.6. The van der Waals surface area contributed by atoms with E-state index in [0.29, 0.717) is 12.5 Å². The van der Waals surface area contributed by atoms with E-state index in [9.17, 15) is 4.79 Å². The molecule has 0 aliphatic heterocycles. The zero-order valence-corrected chi connectivity index (χ0v) is 13.8. The highest BCUT2D eigenvalue weighted by atomic mass is 32.2. The van der Waals surface area contributed by atoms with Crippen molar-refractivity contribution >= 4 is 23.5 Å². The fraction of sp³-hybridized carbons (Fsp3) is 0.353. The van der Waals surface area contributed by atoms with Crippen LogP contribution in [0.15, 0.2) is 47.1 Å². The second kappa shape index (κ2) is 8.54. The van der Waals surface area contributed by atoms with Crippen LogP contribution >= 0.6 is 11.8 Å². The summed E-state index contributed by atoms with van der Waals surface area (Å²) >= 11 is 1.73. The molecule has 5 heteroatoms. The van der Waals surface area contributed by atoms with Gasteiger partial charge in [-0.1, -0.05) is 26.0 Å². The van der Waals surface area contributed by atoms with Crippen molar-refractivity contribution in [2.75, 3.05) is 17.6 Å². The average molecular weight is 318 g/mol. The summed E-state index contributed by atoms with van der Waals surface area (Å²) in [6.07, 6.45) is 1.67. The van der Waals surface area contributed by atoms with Crippen molar-refractivity contribution in [3.8, 4) is 0 Å². The number of hydrogen-bond acceptors (Lipinski definition) is 3. The van der Waals surface area contributed by atoms with Gasteiger partial charge in [0, 0.05) is 18.0 Å². The predicted molar refractivity (Wildman–Crippen MR) is 92.4 cm³/mol. The fourth-order valence-electron chi connectivity index (χ4n) is 1.93. The van der Waals surface area contributed by atoms with Crippen molar-refractivity contribution in [3.63, 3.8) is 0 Å². The molecule has 0 aliphatic carbocycles. The van der Waals surface area contributed by atoms with E-state index >= 15 is 0 Å². The van der Waals surface area contributed by atoms with Gasteiger partial charge in [0.05, 0.1) is 12.0 Å². The van der Waals surface area contributed by atoms with E-state index in [0.717, 1.165) is 23.0 Å². The SMILES string of the molecule is CC(C)c1ccc(NC(=O)NCCSCc2ccco2)cc1. The van der Waals surface area contributed by atoms with E-state index < -0.39 is 0 Å². The van der Waals surface area contributed by atoms with Gasteiger partial charge in [0.25, 0.3) is 0 Å². The molecule has 1 aromatic carbocycles. The number of thioether (sulfide) groups is 1. The van der Waals surface area contributed by atoms with Crippen LogP contribution < -0.4 is 10.6 Å². The number of anilines is 1. The predicted octanol–water partition coefficient (Wildman–Crippen LogP) is 4.46. The Hall–Kier alpha value is -1.88. The number of urea groups is 1. The van der Waals surface area contributed by atoms with Gasteiger partial charge in [0.1, 0.15) is 5.76 Å². The van der Waals surface area contributed by atoms with E-state index in [1.165, 1.54) is 5.56 Å². The Balaban J connectivity index is 1.63. The fourth-order valence-corrected chi connectivity index (χ4v) is 2.69. The molecule has 118 valence electrons. The van der Waals surface area contributed by atoms with Gasteiger partial charge in [-0.2, -0.15) is 11.8 Å². The Morgan fingerprint density at radius 1 is 1.23 bits per heavy atom. The van der Waals surface area contributed by atoms with Gasteiger partial charge >= 0.3 is 6.03 Å². The van der Waals surface area contributed by atoms with Crippen molar-refractivity contribution in [1.82, 2.24) is 5.32 Å². The van der Waals surface area contributed by atoms with E-state index in [4.69, 9.17) is 4.42 Å². The highest BCUT2D eigenvalue weighted by molar-refractivity contribution is 7.98. The van der Waals surface area contributed by atoms with Crippen LogP contribution in [0.2, 0.25) is 0 Å². The minimum atomic E-state index is -0.170. The summed E-state index contributed by atoms with van der Waals surface area (Å²) in [5, 5.41) is 5.68. The lowest BCUT2D eigenvalue weighted by Gasteiger charge is -2.09. The van der Waals surface area contributed by atoms with Crippen molar-refractivity contribution in [3.05, 3.63) is 54.0 Å². The number of furan rings is 1. The highest BCUT2D eigenvalue weighted by Gasteiger charge is 2.03. The second-order valence-corrected chi connectivity index (χ2v) is 6.39. The Labute approximate surface area is 135 Å². The molecule has 0 atom stereocenters. The summed E-state index contributed by atoms with van der Waals surface area (Å²) in [4.78, 5) is 11.8. The van der Waals surface area contributed by atoms with Gasteiger partial charge in [0.15, 0.2) is 0 Å². The first-order valence-electron chi connectivity index (χ1n) is 7.40. The van der Waals surface area contributed by atoms with Crippen LogP contribution in [-0.2, 0) is 5.75 Å². The first kappa shape index (κ1) is 16.5. The van der Waals surface area contributed by atoms with Gasteiger partial charge in [-0.15, -0.1) is 0 Å². The third-order valence-corrected chi connectivity index (χ3v) is 4.17. The second-order valence-electron chi connectivity index (χ2n) is 5.29. The molecule has 1 aromatic heterocycles. The molecule has 0 fully saturated rings. The molecule has 1 heterocycles. The first-order valence-corrected chi connectivity index (χ1v) is 8.55. The molecule has 2 N–H and O–H groups in total. The molecule has 0 saturated heterocycles. The maximum absolute atomic E-state index is 11.8. The Morgan fingerprint density at radius 3 is 2.64 bits per heavy atom. The molecule has 0 bridgehead atoms. The van der Waals surface area contributed by atoms with Crippen LogP contribution in [0.4, 0.5) is 10.5 Å². The zero-order valence-electron chi connectivity index (χ0n) is 13.0. The number of rotatable bonds is 7. The largest absolute Gasteiger partial charge is 0.468 e. The number of nitrogens with one attached hydrogen (secondary N) is 2. The van der Waals surface area contributed by atoms with Crippen molar-refractivity contribution in [1.29, 1.82) is 0 Å². The average Bonchev–Trinajstić information content (AvgIpc) is 3.00. The Kier molecular flexibility index (Phi) is 6.40. The summed E-state index contributed by atoms with van der Waals surface area (Å²) in [7, 11) is 0. The summed E-state index contributed by atoms with van der Waals surface area (Å²) in [6.45, 7) is 4.92. The maximum Gasteiger partial charge on any atom is 0.319 e. The van der Waals surface area contributed by atoms with Gasteiger partial charge in [-0.3, -0.25) is 0 Å². The van der Waals surface area contributed by atoms with Crippen LogP contribution in [0.5, 0.6) is 0 Å². The number of benzene rings is 1. The smallest absolute Gasteiger partial charge is 0.319 e. The van der Waals surface area contributed by atoms with E-state index in [2.05, 4.69) is 24.5 Å². The number of amides is 2. The van der Waals surface area contributed by atoms with Gasteiger partial charge in [-0.25, -0.2) is 4.79 Å². The van der Waals surface area contributed by atoms with Crippen LogP contribution in [0.3, 0.4) is 0 Å². The summed E-state index contributed by atoms with van der Waals surface area (Å²) in [5.41, 5.74) is 2.07. The molecule has 0 radical (unpaired) electrons. The molecule has 2 aromatic rings. The standard InChI is InChI=1S/C17H22N2O2S/c1-13(2)14-5-7-15(8-6-14)19-17(20)18-9-11-22-12-16-4-3-10-21-16/h3-8,10,13H,9,11-12H2,1-2H3,(H2,18,19,20). The van der Waals surface area contributed by atoms with Crippen molar-refractivity contribution < 1.29 is 9.21 Å². The monoisotopic (exact) mass is 318 g/mol. The quantitative estimate of drug-likeness (QED) is 0.741. The third kappa shape index (κ3) is 5.48.